The third-order valence-corrected chi connectivity index (χ3v) is 6.37. The molecule has 0 saturated heterocycles. The van der Waals surface area contributed by atoms with Gasteiger partial charge >= 0.3 is 12.1 Å². The van der Waals surface area contributed by atoms with E-state index in [1.54, 1.807) is 30.3 Å². The van der Waals surface area contributed by atoms with Gasteiger partial charge in [0, 0.05) is 54.4 Å². The van der Waals surface area contributed by atoms with Gasteiger partial charge in [-0.2, -0.15) is 0 Å². The summed E-state index contributed by atoms with van der Waals surface area (Å²) in [7, 11) is 0. The van der Waals surface area contributed by atoms with Crippen molar-refractivity contribution >= 4 is 82.9 Å². The first-order valence-electron chi connectivity index (χ1n) is 12.8. The molecule has 10 nitrogen and oxygen atoms in total. The number of carbonyl (C=O) groups is 2. The second-order valence-electron chi connectivity index (χ2n) is 9.04. The Balaban J connectivity index is 0.00000231. The summed E-state index contributed by atoms with van der Waals surface area (Å²) in [5, 5.41) is 18.0. The Kier molecular flexibility index (Phi) is 11.6. The number of aliphatic imine (C=N–C) groups is 2. The molecule has 0 spiro atoms. The molecule has 4 amide bonds. The molecule has 216 valence electrons. The quantitative estimate of drug-likeness (QED) is 0.204. The zero-order chi connectivity index (χ0) is 27.0. The summed E-state index contributed by atoms with van der Waals surface area (Å²) in [5.41, 5.74) is 3.97. The summed E-state index contributed by atoms with van der Waals surface area (Å²) in [6.07, 6.45) is 2.01. The SMILES string of the molecule is Cl.Cl.O=C(Nc1cccc(C2=NCCCN2)c1)Nc1ccc(NC(=O)Nc2cccc(C3=NCCCN3)c2)c(Cl)c1. The Morgan fingerprint density at radius 3 is 1.61 bits per heavy atom. The standard InChI is InChI=1S/C28H29ClN8O2.2ClH/c29-23-17-22(36-27(38)34-20-7-1-5-18(15-20)25-30-11-3-12-31-25)9-10-24(23)37-28(39)35-21-8-2-6-19(16-21)26-32-13-4-14-33-26;;/h1-2,5-10,15-17H,3-4,11-14H2,(H,30,31)(H,32,33)(H2,34,36,38)(H2,35,37,39);2*1H. The molecule has 0 unspecified atom stereocenters. The molecule has 0 atom stereocenters. The molecule has 6 N–H and O–H groups in total. The summed E-state index contributed by atoms with van der Waals surface area (Å²) in [4.78, 5) is 34.2. The number of hydrogen-bond acceptors (Lipinski definition) is 6. The number of urea groups is 2. The van der Waals surface area contributed by atoms with Gasteiger partial charge in [0.05, 0.1) is 10.7 Å². The van der Waals surface area contributed by atoms with Gasteiger partial charge in [-0.15, -0.1) is 24.8 Å². The van der Waals surface area contributed by atoms with Crippen molar-refractivity contribution in [3.05, 3.63) is 82.9 Å². The van der Waals surface area contributed by atoms with Crippen LogP contribution in [0.5, 0.6) is 0 Å². The van der Waals surface area contributed by atoms with Crippen LogP contribution in [0.15, 0.2) is 76.7 Å². The molecule has 0 bridgehead atoms. The molecule has 0 aliphatic carbocycles. The molecular formula is C28H31Cl3N8O2. The van der Waals surface area contributed by atoms with Crippen LogP contribution in [0.3, 0.4) is 0 Å². The zero-order valence-corrected chi connectivity index (χ0v) is 24.4. The van der Waals surface area contributed by atoms with Crippen LogP contribution in [0.1, 0.15) is 24.0 Å². The molecule has 13 heteroatoms. The van der Waals surface area contributed by atoms with E-state index in [1.807, 2.05) is 36.4 Å². The lowest BCUT2D eigenvalue weighted by Gasteiger charge is -2.16. The van der Waals surface area contributed by atoms with E-state index in [-0.39, 0.29) is 29.8 Å². The molecule has 0 fully saturated rings. The lowest BCUT2D eigenvalue weighted by atomic mass is 10.1. The van der Waals surface area contributed by atoms with Crippen molar-refractivity contribution in [3.63, 3.8) is 0 Å². The largest absolute Gasteiger partial charge is 0.370 e. The second kappa shape index (κ2) is 15.1. The summed E-state index contributed by atoms with van der Waals surface area (Å²) in [6.45, 7) is 3.33. The van der Waals surface area contributed by atoms with E-state index < -0.39 is 12.1 Å². The first-order chi connectivity index (χ1) is 19.0. The van der Waals surface area contributed by atoms with Crippen LogP contribution in [-0.4, -0.2) is 49.9 Å². The number of anilines is 4. The van der Waals surface area contributed by atoms with Crippen LogP contribution in [0.25, 0.3) is 0 Å². The second-order valence-corrected chi connectivity index (χ2v) is 9.44. The van der Waals surface area contributed by atoms with Crippen LogP contribution in [0, 0.1) is 0 Å². The third kappa shape index (κ3) is 8.75. The summed E-state index contributed by atoms with van der Waals surface area (Å²) >= 11 is 6.40. The number of hydrogen-bond donors (Lipinski definition) is 6. The maximum absolute atomic E-state index is 12.6. The molecule has 41 heavy (non-hydrogen) atoms. The van der Waals surface area contributed by atoms with Crippen molar-refractivity contribution in [2.45, 2.75) is 12.8 Å². The van der Waals surface area contributed by atoms with Crippen molar-refractivity contribution in [2.24, 2.45) is 9.98 Å². The molecule has 5 rings (SSSR count). The Hall–Kier alpha value is -3.99. The number of nitrogens with one attached hydrogen (secondary N) is 6. The fourth-order valence-electron chi connectivity index (χ4n) is 4.21. The lowest BCUT2D eigenvalue weighted by Crippen LogP contribution is -2.30. The van der Waals surface area contributed by atoms with Gasteiger partial charge in [0.2, 0.25) is 0 Å². The monoisotopic (exact) mass is 616 g/mol. The van der Waals surface area contributed by atoms with E-state index in [1.165, 1.54) is 0 Å². The fraction of sp³-hybridized carbons (Fsp3) is 0.214. The van der Waals surface area contributed by atoms with E-state index in [4.69, 9.17) is 11.6 Å². The predicted octanol–water partition coefficient (Wildman–Crippen LogP) is 5.95. The van der Waals surface area contributed by atoms with Gasteiger partial charge in [-0.1, -0.05) is 35.9 Å². The zero-order valence-electron chi connectivity index (χ0n) is 22.0. The molecule has 2 aliphatic rings. The highest BCUT2D eigenvalue weighted by atomic mass is 35.5. The molecule has 3 aromatic carbocycles. The van der Waals surface area contributed by atoms with Gasteiger partial charge in [0.1, 0.15) is 11.7 Å². The molecule has 2 heterocycles. The minimum Gasteiger partial charge on any atom is -0.370 e. The number of carbonyl (C=O) groups excluding carboxylic acids is 2. The van der Waals surface area contributed by atoms with Crippen molar-refractivity contribution in [1.29, 1.82) is 0 Å². The summed E-state index contributed by atoms with van der Waals surface area (Å²) in [5.74, 6) is 1.65. The number of halogens is 3. The van der Waals surface area contributed by atoms with Crippen LogP contribution >= 0.6 is 36.4 Å². The molecule has 0 aromatic heterocycles. The lowest BCUT2D eigenvalue weighted by molar-refractivity contribution is 0.261. The normalized spacial score (nSPS) is 13.9. The molecule has 0 saturated carbocycles. The summed E-state index contributed by atoms with van der Waals surface area (Å²) in [6, 6.07) is 18.9. The Morgan fingerprint density at radius 1 is 0.659 bits per heavy atom. The van der Waals surface area contributed by atoms with Crippen LogP contribution in [0.2, 0.25) is 5.02 Å². The molecular weight excluding hydrogens is 587 g/mol. The van der Waals surface area contributed by atoms with Crippen LogP contribution in [0.4, 0.5) is 32.3 Å². The third-order valence-electron chi connectivity index (χ3n) is 6.06. The first kappa shape index (κ1) is 31.5. The van der Waals surface area contributed by atoms with E-state index in [0.717, 1.165) is 61.8 Å². The van der Waals surface area contributed by atoms with E-state index in [9.17, 15) is 9.59 Å². The van der Waals surface area contributed by atoms with Crippen molar-refractivity contribution in [2.75, 3.05) is 47.4 Å². The van der Waals surface area contributed by atoms with Crippen LogP contribution < -0.4 is 31.9 Å². The molecule has 3 aromatic rings. The Bertz CT molecular complexity index is 1450. The fourth-order valence-corrected chi connectivity index (χ4v) is 4.44. The molecule has 0 radical (unpaired) electrons. The highest BCUT2D eigenvalue weighted by molar-refractivity contribution is 6.34. The van der Waals surface area contributed by atoms with Gasteiger partial charge in [-0.25, -0.2) is 9.59 Å². The maximum atomic E-state index is 12.6. The average molecular weight is 618 g/mol. The Morgan fingerprint density at radius 2 is 1.15 bits per heavy atom. The summed E-state index contributed by atoms with van der Waals surface area (Å²) < 4.78 is 0. The Labute approximate surface area is 255 Å². The minimum atomic E-state index is -0.442. The maximum Gasteiger partial charge on any atom is 0.323 e. The number of benzene rings is 3. The van der Waals surface area contributed by atoms with Gasteiger partial charge in [0.25, 0.3) is 0 Å². The number of amides is 4. The van der Waals surface area contributed by atoms with Crippen molar-refractivity contribution in [3.8, 4) is 0 Å². The van der Waals surface area contributed by atoms with Crippen molar-refractivity contribution in [1.82, 2.24) is 10.6 Å². The smallest absolute Gasteiger partial charge is 0.323 e. The minimum absolute atomic E-state index is 0. The highest BCUT2D eigenvalue weighted by Crippen LogP contribution is 2.26. The van der Waals surface area contributed by atoms with Gasteiger partial charge in [-0.3, -0.25) is 9.98 Å². The van der Waals surface area contributed by atoms with E-state index in [0.29, 0.717) is 22.7 Å². The number of nitrogens with zero attached hydrogens (tertiary/aromatic N) is 2. The van der Waals surface area contributed by atoms with Gasteiger partial charge < -0.3 is 31.9 Å². The number of amidine groups is 2. The average Bonchev–Trinajstić information content (AvgIpc) is 2.96. The predicted molar refractivity (Wildman–Crippen MR) is 172 cm³/mol. The topological polar surface area (TPSA) is 131 Å². The van der Waals surface area contributed by atoms with E-state index in [2.05, 4.69) is 41.9 Å². The highest BCUT2D eigenvalue weighted by Gasteiger charge is 2.12. The molecule has 2 aliphatic heterocycles. The van der Waals surface area contributed by atoms with Crippen molar-refractivity contribution < 1.29 is 9.59 Å². The first-order valence-corrected chi connectivity index (χ1v) is 13.1. The number of rotatable bonds is 6. The van der Waals surface area contributed by atoms with Crippen LogP contribution in [-0.2, 0) is 0 Å². The van der Waals surface area contributed by atoms with Gasteiger partial charge in [0.15, 0.2) is 0 Å². The van der Waals surface area contributed by atoms with E-state index >= 15 is 0 Å². The van der Waals surface area contributed by atoms with Gasteiger partial charge in [-0.05, 0) is 55.3 Å².